The third kappa shape index (κ3) is 3.71. The maximum Gasteiger partial charge on any atom is 0.319 e. The van der Waals surface area contributed by atoms with E-state index in [1.54, 1.807) is 6.07 Å². The Labute approximate surface area is 118 Å². The molecule has 2 atom stereocenters. The first-order chi connectivity index (χ1) is 9.56. The first-order valence-corrected chi connectivity index (χ1v) is 6.77. The number of rotatable bonds is 3. The molecular weight excluding hydrogens is 256 g/mol. The van der Waals surface area contributed by atoms with Crippen molar-refractivity contribution >= 4 is 17.6 Å². The largest absolute Gasteiger partial charge is 0.354 e. The summed E-state index contributed by atoms with van der Waals surface area (Å²) >= 11 is 0. The lowest BCUT2D eigenvalue weighted by atomic mass is 10.1. The van der Waals surface area contributed by atoms with E-state index in [0.29, 0.717) is 18.7 Å². The monoisotopic (exact) mass is 276 g/mol. The van der Waals surface area contributed by atoms with Gasteiger partial charge in [0.05, 0.1) is 0 Å². The topological polar surface area (TPSA) is 96.2 Å². The summed E-state index contributed by atoms with van der Waals surface area (Å²) < 4.78 is 0. The van der Waals surface area contributed by atoms with E-state index in [4.69, 9.17) is 5.73 Å². The van der Waals surface area contributed by atoms with Crippen LogP contribution >= 0.6 is 0 Å². The highest BCUT2D eigenvalue weighted by atomic mass is 16.2. The Bertz CT molecular complexity index is 502. The molecule has 3 amide bonds. The van der Waals surface area contributed by atoms with E-state index in [-0.39, 0.29) is 18.0 Å². The average Bonchev–Trinajstić information content (AvgIpc) is 2.41. The number of anilines is 1. The number of carbonyl (C=O) groups excluding carboxylic acids is 2. The molecule has 108 valence electrons. The van der Waals surface area contributed by atoms with Gasteiger partial charge < -0.3 is 21.7 Å². The minimum Gasteiger partial charge on any atom is -0.354 e. The van der Waals surface area contributed by atoms with E-state index < -0.39 is 6.04 Å². The summed E-state index contributed by atoms with van der Waals surface area (Å²) in [4.78, 5) is 23.4. The van der Waals surface area contributed by atoms with Gasteiger partial charge in [-0.15, -0.1) is 0 Å². The highest BCUT2D eigenvalue weighted by Gasteiger charge is 2.23. The van der Waals surface area contributed by atoms with Crippen LogP contribution in [0.4, 0.5) is 10.5 Å². The smallest absolute Gasteiger partial charge is 0.319 e. The van der Waals surface area contributed by atoms with E-state index in [1.165, 1.54) is 0 Å². The van der Waals surface area contributed by atoms with Crippen LogP contribution < -0.4 is 21.7 Å². The van der Waals surface area contributed by atoms with Crippen molar-refractivity contribution in [3.05, 3.63) is 29.8 Å². The van der Waals surface area contributed by atoms with Crippen molar-refractivity contribution in [3.8, 4) is 0 Å². The quantitative estimate of drug-likeness (QED) is 0.665. The highest BCUT2D eigenvalue weighted by Crippen LogP contribution is 2.15. The van der Waals surface area contributed by atoms with Gasteiger partial charge in [-0.1, -0.05) is 12.1 Å². The first-order valence-electron chi connectivity index (χ1n) is 6.77. The van der Waals surface area contributed by atoms with Crippen molar-refractivity contribution in [2.75, 3.05) is 11.9 Å². The second-order valence-electron chi connectivity index (χ2n) is 5.00. The van der Waals surface area contributed by atoms with Crippen molar-refractivity contribution in [1.82, 2.24) is 10.6 Å². The van der Waals surface area contributed by atoms with Crippen LogP contribution in [0.1, 0.15) is 31.4 Å². The molecule has 1 fully saturated rings. The molecule has 1 heterocycles. The third-order valence-electron chi connectivity index (χ3n) is 3.26. The Morgan fingerprint density at radius 2 is 2.30 bits per heavy atom. The van der Waals surface area contributed by atoms with Crippen molar-refractivity contribution in [2.45, 2.75) is 31.8 Å². The minimum atomic E-state index is -0.458. The Morgan fingerprint density at radius 1 is 1.50 bits per heavy atom. The zero-order valence-corrected chi connectivity index (χ0v) is 11.5. The summed E-state index contributed by atoms with van der Waals surface area (Å²) in [6.07, 6.45) is 1.54. The molecule has 2 rings (SSSR count). The van der Waals surface area contributed by atoms with Crippen molar-refractivity contribution < 1.29 is 9.59 Å². The molecule has 6 nitrogen and oxygen atoms in total. The van der Waals surface area contributed by atoms with E-state index in [9.17, 15) is 9.59 Å². The second-order valence-corrected chi connectivity index (χ2v) is 5.00. The van der Waals surface area contributed by atoms with Crippen LogP contribution in [0.5, 0.6) is 0 Å². The van der Waals surface area contributed by atoms with E-state index >= 15 is 0 Å². The number of benzene rings is 1. The van der Waals surface area contributed by atoms with Crippen LogP contribution in [0.3, 0.4) is 0 Å². The molecule has 1 aliphatic rings. The lowest BCUT2D eigenvalue weighted by Crippen LogP contribution is -2.51. The maximum atomic E-state index is 11.9. The highest BCUT2D eigenvalue weighted by molar-refractivity contribution is 5.93. The molecule has 1 aliphatic heterocycles. The van der Waals surface area contributed by atoms with Crippen LogP contribution in [0, 0.1) is 0 Å². The summed E-state index contributed by atoms with van der Waals surface area (Å²) in [7, 11) is 0. The molecule has 0 aromatic heterocycles. The molecule has 1 aromatic rings. The van der Waals surface area contributed by atoms with Gasteiger partial charge in [0.25, 0.3) is 0 Å². The van der Waals surface area contributed by atoms with Gasteiger partial charge in [-0.2, -0.15) is 0 Å². The third-order valence-corrected chi connectivity index (χ3v) is 3.26. The molecule has 5 N–H and O–H groups in total. The van der Waals surface area contributed by atoms with E-state index in [2.05, 4.69) is 16.0 Å². The summed E-state index contributed by atoms with van der Waals surface area (Å²) in [6, 6.07) is 6.42. The van der Waals surface area contributed by atoms with Gasteiger partial charge in [-0.25, -0.2) is 4.79 Å². The zero-order chi connectivity index (χ0) is 14.5. The van der Waals surface area contributed by atoms with Crippen LogP contribution in [0.2, 0.25) is 0 Å². The summed E-state index contributed by atoms with van der Waals surface area (Å²) in [5, 5.41) is 8.12. The molecule has 1 saturated heterocycles. The molecule has 0 bridgehead atoms. The summed E-state index contributed by atoms with van der Waals surface area (Å²) in [6.45, 7) is 2.56. The van der Waals surface area contributed by atoms with Crippen molar-refractivity contribution in [3.63, 3.8) is 0 Å². The van der Waals surface area contributed by atoms with Crippen LogP contribution in [0.25, 0.3) is 0 Å². The molecule has 0 radical (unpaired) electrons. The number of carbonyl (C=O) groups is 2. The van der Waals surface area contributed by atoms with Gasteiger partial charge in [0, 0.05) is 18.3 Å². The molecule has 1 aromatic carbocycles. The first kappa shape index (κ1) is 14.3. The van der Waals surface area contributed by atoms with E-state index in [1.807, 2.05) is 25.1 Å². The number of nitrogens with one attached hydrogen (secondary N) is 3. The second kappa shape index (κ2) is 6.38. The van der Waals surface area contributed by atoms with Gasteiger partial charge in [-0.3, -0.25) is 4.79 Å². The number of nitrogens with two attached hydrogens (primary N) is 1. The fourth-order valence-corrected chi connectivity index (χ4v) is 2.13. The molecule has 0 aliphatic carbocycles. The van der Waals surface area contributed by atoms with Gasteiger partial charge in [0.1, 0.15) is 6.04 Å². The number of amides is 3. The summed E-state index contributed by atoms with van der Waals surface area (Å²) in [5.41, 5.74) is 7.40. The molecule has 0 spiro atoms. The predicted molar refractivity (Wildman–Crippen MR) is 77.2 cm³/mol. The zero-order valence-electron chi connectivity index (χ0n) is 11.5. The molecule has 6 heteroatoms. The number of urea groups is 1. The van der Waals surface area contributed by atoms with Crippen LogP contribution in [-0.2, 0) is 4.79 Å². The molecule has 2 unspecified atom stereocenters. The Hall–Kier alpha value is -2.08. The standard InChI is InChI=1S/C14H20N4O2/c1-9(15)10-4-2-5-11(8-10)17-14(20)18-12-6-3-7-16-13(12)19/h2,4-5,8-9,12H,3,6-7,15H2,1H3,(H,16,19)(H2,17,18,20). The molecule has 20 heavy (non-hydrogen) atoms. The fourth-order valence-electron chi connectivity index (χ4n) is 2.13. The van der Waals surface area contributed by atoms with Crippen molar-refractivity contribution in [1.29, 1.82) is 0 Å². The number of hydrogen-bond donors (Lipinski definition) is 4. The predicted octanol–water partition coefficient (Wildman–Crippen LogP) is 1.11. The lowest BCUT2D eigenvalue weighted by molar-refractivity contribution is -0.124. The normalized spacial score (nSPS) is 19.9. The molecule has 0 saturated carbocycles. The fraction of sp³-hybridized carbons (Fsp3) is 0.429. The number of hydrogen-bond acceptors (Lipinski definition) is 3. The Balaban J connectivity index is 1.94. The van der Waals surface area contributed by atoms with Crippen LogP contribution in [0.15, 0.2) is 24.3 Å². The Morgan fingerprint density at radius 3 is 3.00 bits per heavy atom. The van der Waals surface area contributed by atoms with Gasteiger partial charge >= 0.3 is 6.03 Å². The van der Waals surface area contributed by atoms with Crippen LogP contribution in [-0.4, -0.2) is 24.5 Å². The van der Waals surface area contributed by atoms with E-state index in [0.717, 1.165) is 12.0 Å². The van der Waals surface area contributed by atoms with Gasteiger partial charge in [0.2, 0.25) is 5.91 Å². The lowest BCUT2D eigenvalue weighted by Gasteiger charge is -2.22. The molecular formula is C14H20N4O2. The van der Waals surface area contributed by atoms with Gasteiger partial charge in [-0.05, 0) is 37.5 Å². The number of piperidine rings is 1. The minimum absolute atomic E-state index is 0.0936. The maximum absolute atomic E-state index is 11.9. The van der Waals surface area contributed by atoms with Crippen molar-refractivity contribution in [2.24, 2.45) is 5.73 Å². The summed E-state index contributed by atoms with van der Waals surface area (Å²) in [5.74, 6) is -0.129. The SMILES string of the molecule is CC(N)c1cccc(NC(=O)NC2CCCNC2=O)c1. The van der Waals surface area contributed by atoms with Gasteiger partial charge in [0.15, 0.2) is 0 Å². The average molecular weight is 276 g/mol. The Kier molecular flexibility index (Phi) is 4.57.